The zero-order chi connectivity index (χ0) is 7.72. The van der Waals surface area contributed by atoms with Gasteiger partial charge < -0.3 is 0 Å². The normalized spacial score (nSPS) is 9.90. The highest BCUT2D eigenvalue weighted by Gasteiger charge is 2.11. The molecule has 0 spiro atoms. The second-order valence-electron chi connectivity index (χ2n) is 1.49. The first kappa shape index (κ1) is 8.53. The highest BCUT2D eigenvalue weighted by Crippen LogP contribution is 2.39. The zero-order valence-corrected chi connectivity index (χ0v) is 8.44. The smallest absolute Gasteiger partial charge is 0.161 e. The molecular formula is C5HBrCl2OS. The van der Waals surface area contributed by atoms with Crippen LogP contribution in [0.1, 0.15) is 9.67 Å². The maximum atomic E-state index is 10.2. The van der Waals surface area contributed by atoms with Gasteiger partial charge in [0.05, 0.1) is 18.7 Å². The van der Waals surface area contributed by atoms with Gasteiger partial charge in [-0.3, -0.25) is 4.79 Å². The van der Waals surface area contributed by atoms with Crippen molar-refractivity contribution in [1.82, 2.24) is 0 Å². The molecule has 0 unspecified atom stereocenters. The first-order valence-corrected chi connectivity index (χ1v) is 4.61. The molecule has 0 saturated heterocycles. The Kier molecular flexibility index (Phi) is 2.74. The topological polar surface area (TPSA) is 17.1 Å². The first-order chi connectivity index (χ1) is 4.66. The van der Waals surface area contributed by atoms with E-state index in [2.05, 4.69) is 15.9 Å². The summed E-state index contributed by atoms with van der Waals surface area (Å²) in [7, 11) is 0. The molecule has 0 atom stereocenters. The van der Waals surface area contributed by atoms with Gasteiger partial charge in [0.15, 0.2) is 6.29 Å². The Balaban J connectivity index is 3.30. The number of hydrogen-bond donors (Lipinski definition) is 0. The molecule has 0 amide bonds. The van der Waals surface area contributed by atoms with Crippen LogP contribution in [0.25, 0.3) is 0 Å². The lowest BCUT2D eigenvalue weighted by Crippen LogP contribution is -1.68. The predicted molar refractivity (Wildman–Crippen MR) is 47.4 cm³/mol. The van der Waals surface area contributed by atoms with E-state index in [1.165, 1.54) is 11.3 Å². The summed E-state index contributed by atoms with van der Waals surface area (Å²) < 4.78 is 0.696. The lowest BCUT2D eigenvalue weighted by Gasteiger charge is -1.81. The van der Waals surface area contributed by atoms with Crippen molar-refractivity contribution in [3.8, 4) is 0 Å². The summed E-state index contributed by atoms with van der Waals surface area (Å²) in [5.74, 6) is 0. The number of halogens is 3. The highest BCUT2D eigenvalue weighted by atomic mass is 79.9. The fraction of sp³-hybridized carbons (Fsp3) is 0. The van der Waals surface area contributed by atoms with E-state index in [0.29, 0.717) is 25.0 Å². The average molecular weight is 260 g/mol. The third-order valence-corrected chi connectivity index (χ3v) is 3.99. The summed E-state index contributed by atoms with van der Waals surface area (Å²) in [5.41, 5.74) is 0. The summed E-state index contributed by atoms with van der Waals surface area (Å²) in [4.78, 5) is 10.7. The van der Waals surface area contributed by atoms with Crippen LogP contribution in [0.4, 0.5) is 0 Å². The second kappa shape index (κ2) is 3.22. The molecule has 54 valence electrons. The van der Waals surface area contributed by atoms with E-state index in [-0.39, 0.29) is 0 Å². The van der Waals surface area contributed by atoms with Crippen molar-refractivity contribution in [3.63, 3.8) is 0 Å². The Hall–Kier alpha value is 0.430. The molecule has 0 aromatic carbocycles. The second-order valence-corrected chi connectivity index (χ2v) is 4.61. The van der Waals surface area contributed by atoms with Crippen LogP contribution in [-0.4, -0.2) is 6.29 Å². The molecule has 1 heterocycles. The molecule has 0 aliphatic carbocycles. The van der Waals surface area contributed by atoms with E-state index in [0.717, 1.165) is 0 Å². The molecule has 1 rings (SSSR count). The number of hydrogen-bond acceptors (Lipinski definition) is 2. The zero-order valence-electron chi connectivity index (χ0n) is 4.53. The van der Waals surface area contributed by atoms with Crippen molar-refractivity contribution in [3.05, 3.63) is 18.7 Å². The van der Waals surface area contributed by atoms with Crippen LogP contribution in [0.3, 0.4) is 0 Å². The maximum Gasteiger partial charge on any atom is 0.161 e. The Morgan fingerprint density at radius 3 is 2.20 bits per heavy atom. The standard InChI is InChI=1S/C5HBrCl2OS/c6-5-4(8)3(7)2(1-9)10-5/h1H. The van der Waals surface area contributed by atoms with E-state index in [9.17, 15) is 4.79 Å². The molecular weight excluding hydrogens is 259 g/mol. The summed E-state index contributed by atoms with van der Waals surface area (Å²) in [5, 5.41) is 0.738. The van der Waals surface area contributed by atoms with Gasteiger partial charge in [0.1, 0.15) is 0 Å². The van der Waals surface area contributed by atoms with Gasteiger partial charge in [-0.25, -0.2) is 0 Å². The lowest BCUT2D eigenvalue weighted by molar-refractivity contribution is 0.112. The molecule has 5 heteroatoms. The Labute approximate surface area is 80.1 Å². The third kappa shape index (κ3) is 1.37. The van der Waals surface area contributed by atoms with Crippen LogP contribution in [0, 0.1) is 0 Å². The minimum atomic E-state index is 0.327. The van der Waals surface area contributed by atoms with Crippen molar-refractivity contribution < 1.29 is 4.79 Å². The number of carbonyl (C=O) groups is 1. The van der Waals surface area contributed by atoms with Crippen LogP contribution in [0.5, 0.6) is 0 Å². The van der Waals surface area contributed by atoms with Gasteiger partial charge >= 0.3 is 0 Å². The van der Waals surface area contributed by atoms with Gasteiger partial charge in [0.2, 0.25) is 0 Å². The van der Waals surface area contributed by atoms with E-state index in [1.54, 1.807) is 0 Å². The molecule has 0 bridgehead atoms. The Morgan fingerprint density at radius 2 is 2.00 bits per heavy atom. The van der Waals surface area contributed by atoms with Crippen LogP contribution in [0.15, 0.2) is 3.79 Å². The third-order valence-electron chi connectivity index (χ3n) is 0.888. The molecule has 10 heavy (non-hydrogen) atoms. The Morgan fingerprint density at radius 1 is 1.40 bits per heavy atom. The van der Waals surface area contributed by atoms with E-state index in [4.69, 9.17) is 23.2 Å². The summed E-state index contributed by atoms with van der Waals surface area (Å²) in [6, 6.07) is 0. The Bertz CT molecular complexity index is 271. The summed E-state index contributed by atoms with van der Waals surface area (Å²) in [6.07, 6.45) is 0.684. The number of carbonyl (C=O) groups excluding carboxylic acids is 1. The van der Waals surface area contributed by atoms with Gasteiger partial charge in [-0.2, -0.15) is 0 Å². The highest BCUT2D eigenvalue weighted by molar-refractivity contribution is 9.11. The van der Waals surface area contributed by atoms with Crippen molar-refractivity contribution in [2.75, 3.05) is 0 Å². The molecule has 1 aromatic rings. The quantitative estimate of drug-likeness (QED) is 0.704. The number of thiophene rings is 1. The van der Waals surface area contributed by atoms with Crippen molar-refractivity contribution in [2.45, 2.75) is 0 Å². The lowest BCUT2D eigenvalue weighted by atomic mass is 10.5. The van der Waals surface area contributed by atoms with Crippen LogP contribution >= 0.6 is 50.5 Å². The fourth-order valence-electron chi connectivity index (χ4n) is 0.456. The molecule has 0 aliphatic rings. The average Bonchev–Trinajstić information content (AvgIpc) is 2.17. The number of aldehydes is 1. The molecule has 0 radical (unpaired) electrons. The molecule has 0 fully saturated rings. The number of rotatable bonds is 1. The van der Waals surface area contributed by atoms with Crippen molar-refractivity contribution >= 4 is 56.8 Å². The summed E-state index contributed by atoms with van der Waals surface area (Å²) >= 11 is 15.7. The van der Waals surface area contributed by atoms with Gasteiger partial charge in [-0.1, -0.05) is 23.2 Å². The van der Waals surface area contributed by atoms with Crippen molar-refractivity contribution in [2.24, 2.45) is 0 Å². The molecule has 0 aliphatic heterocycles. The van der Waals surface area contributed by atoms with E-state index < -0.39 is 0 Å². The minimum Gasteiger partial charge on any atom is -0.297 e. The summed E-state index contributed by atoms with van der Waals surface area (Å²) in [6.45, 7) is 0. The maximum absolute atomic E-state index is 10.2. The molecule has 0 saturated carbocycles. The van der Waals surface area contributed by atoms with Crippen molar-refractivity contribution in [1.29, 1.82) is 0 Å². The van der Waals surface area contributed by atoms with Crippen LogP contribution in [0.2, 0.25) is 10.0 Å². The van der Waals surface area contributed by atoms with Gasteiger partial charge in [0, 0.05) is 0 Å². The minimum absolute atomic E-state index is 0.327. The first-order valence-electron chi connectivity index (χ1n) is 2.25. The fourth-order valence-corrected chi connectivity index (χ4v) is 2.50. The van der Waals surface area contributed by atoms with Gasteiger partial charge in [-0.05, 0) is 15.9 Å². The van der Waals surface area contributed by atoms with Gasteiger partial charge in [-0.15, -0.1) is 11.3 Å². The van der Waals surface area contributed by atoms with Gasteiger partial charge in [0.25, 0.3) is 0 Å². The van der Waals surface area contributed by atoms with E-state index >= 15 is 0 Å². The van der Waals surface area contributed by atoms with Crippen LogP contribution in [-0.2, 0) is 0 Å². The monoisotopic (exact) mass is 258 g/mol. The van der Waals surface area contributed by atoms with E-state index in [1.807, 2.05) is 0 Å². The largest absolute Gasteiger partial charge is 0.297 e. The predicted octanol–water partition coefficient (Wildman–Crippen LogP) is 3.63. The molecule has 1 nitrogen and oxygen atoms in total. The SMILES string of the molecule is O=Cc1sc(Br)c(Cl)c1Cl. The molecule has 0 N–H and O–H groups in total. The van der Waals surface area contributed by atoms with Crippen LogP contribution < -0.4 is 0 Å². The molecule has 1 aromatic heterocycles.